The van der Waals surface area contributed by atoms with Gasteiger partial charge in [-0.15, -0.1) is 0 Å². The number of anilines is 1. The van der Waals surface area contributed by atoms with Crippen LogP contribution in [0.4, 0.5) is 18.9 Å². The molecule has 12 heteroatoms. The zero-order chi connectivity index (χ0) is 25.8. The molecule has 0 spiro atoms. The van der Waals surface area contributed by atoms with Gasteiger partial charge in [-0.05, 0) is 55.0 Å². The largest absolute Gasteiger partial charge is 0.493 e. The van der Waals surface area contributed by atoms with Crippen LogP contribution < -0.4 is 25.4 Å². The van der Waals surface area contributed by atoms with Crippen molar-refractivity contribution in [3.05, 3.63) is 64.9 Å². The van der Waals surface area contributed by atoms with Gasteiger partial charge in [0.2, 0.25) is 0 Å². The van der Waals surface area contributed by atoms with E-state index in [0.717, 1.165) is 12.1 Å². The third-order valence-corrected chi connectivity index (χ3v) is 5.25. The van der Waals surface area contributed by atoms with E-state index in [0.29, 0.717) is 21.9 Å². The highest BCUT2D eigenvalue weighted by Gasteiger charge is 2.32. The van der Waals surface area contributed by atoms with Gasteiger partial charge in [0, 0.05) is 11.4 Å². The molecule has 1 amide bonds. The lowest BCUT2D eigenvalue weighted by Crippen LogP contribution is -2.45. The summed E-state index contributed by atoms with van der Waals surface area (Å²) in [6.45, 7) is 1.22. The van der Waals surface area contributed by atoms with Gasteiger partial charge in [0.25, 0.3) is 5.91 Å². The van der Waals surface area contributed by atoms with E-state index in [4.69, 9.17) is 26.4 Å². The van der Waals surface area contributed by atoms with Crippen molar-refractivity contribution in [3.63, 3.8) is 0 Å². The SMILES string of the molecule is COC(=O)C1=C(C)NC(=S)NC1c1ccc(OCC(=O)Nc2cccc(C(F)(F)F)c2)c(OC)c1. The maximum Gasteiger partial charge on any atom is 0.416 e. The number of rotatable bonds is 7. The molecule has 186 valence electrons. The van der Waals surface area contributed by atoms with Gasteiger partial charge in [-0.1, -0.05) is 12.1 Å². The predicted molar refractivity (Wildman–Crippen MR) is 125 cm³/mol. The second-order valence-electron chi connectivity index (χ2n) is 7.39. The summed E-state index contributed by atoms with van der Waals surface area (Å²) >= 11 is 5.20. The number of carbonyl (C=O) groups is 2. The minimum absolute atomic E-state index is 0.0128. The van der Waals surface area contributed by atoms with Crippen molar-refractivity contribution in [1.82, 2.24) is 10.6 Å². The van der Waals surface area contributed by atoms with Crippen LogP contribution in [0.15, 0.2) is 53.7 Å². The molecule has 1 aliphatic rings. The number of esters is 1. The fraction of sp³-hybridized carbons (Fsp3) is 0.261. The van der Waals surface area contributed by atoms with Gasteiger partial charge in [0.15, 0.2) is 23.2 Å². The van der Waals surface area contributed by atoms with Crippen LogP contribution in [-0.4, -0.2) is 37.8 Å². The van der Waals surface area contributed by atoms with E-state index < -0.39 is 36.3 Å². The number of benzene rings is 2. The summed E-state index contributed by atoms with van der Waals surface area (Å²) in [5.74, 6) is -0.720. The molecule has 0 bridgehead atoms. The molecule has 0 aliphatic carbocycles. The van der Waals surface area contributed by atoms with Gasteiger partial charge >= 0.3 is 12.1 Å². The maximum atomic E-state index is 12.9. The summed E-state index contributed by atoms with van der Waals surface area (Å²) in [7, 11) is 2.67. The molecule has 1 unspecified atom stereocenters. The van der Waals surface area contributed by atoms with Crippen LogP contribution in [0.25, 0.3) is 0 Å². The number of ether oxygens (including phenoxy) is 3. The van der Waals surface area contributed by atoms with Crippen molar-refractivity contribution < 1.29 is 37.0 Å². The number of alkyl halides is 3. The first kappa shape index (κ1) is 25.8. The van der Waals surface area contributed by atoms with E-state index >= 15 is 0 Å². The van der Waals surface area contributed by atoms with Gasteiger partial charge in [0.05, 0.1) is 31.4 Å². The summed E-state index contributed by atoms with van der Waals surface area (Å²) in [5, 5.41) is 8.59. The number of halogens is 3. The molecule has 1 heterocycles. The van der Waals surface area contributed by atoms with Gasteiger partial charge in [-0.3, -0.25) is 4.79 Å². The van der Waals surface area contributed by atoms with Crippen LogP contribution in [0.1, 0.15) is 24.1 Å². The third-order valence-electron chi connectivity index (χ3n) is 5.03. The minimum Gasteiger partial charge on any atom is -0.493 e. The van der Waals surface area contributed by atoms with Gasteiger partial charge < -0.3 is 30.2 Å². The lowest BCUT2D eigenvalue weighted by Gasteiger charge is -2.30. The fourth-order valence-corrected chi connectivity index (χ4v) is 3.69. The second-order valence-corrected chi connectivity index (χ2v) is 7.80. The first-order chi connectivity index (χ1) is 16.5. The number of allylic oxidation sites excluding steroid dienone is 1. The maximum absolute atomic E-state index is 12.9. The lowest BCUT2D eigenvalue weighted by atomic mass is 9.95. The standard InChI is InChI=1S/C23H22F3N3O5S/c1-12-19(21(31)33-3)20(29-22(35)27-12)13-7-8-16(17(9-13)32-2)34-11-18(30)28-15-6-4-5-14(10-15)23(24,25)26/h4-10,20H,11H2,1-3H3,(H,28,30)(H2,27,29,35). The Balaban J connectivity index is 1.74. The molecule has 35 heavy (non-hydrogen) atoms. The number of thiocarbonyl (C=S) groups is 1. The molecular weight excluding hydrogens is 487 g/mol. The number of carbonyl (C=O) groups excluding carboxylic acids is 2. The van der Waals surface area contributed by atoms with Crippen molar-refractivity contribution in [1.29, 1.82) is 0 Å². The summed E-state index contributed by atoms with van der Waals surface area (Å²) in [4.78, 5) is 24.6. The van der Waals surface area contributed by atoms with Crippen molar-refractivity contribution in [2.75, 3.05) is 26.1 Å². The van der Waals surface area contributed by atoms with Crippen molar-refractivity contribution in [2.24, 2.45) is 0 Å². The quantitative estimate of drug-likeness (QED) is 0.384. The van der Waals surface area contributed by atoms with E-state index in [9.17, 15) is 22.8 Å². The van der Waals surface area contributed by atoms with Crippen LogP contribution in [0.3, 0.4) is 0 Å². The Morgan fingerprint density at radius 1 is 1.11 bits per heavy atom. The Bertz CT molecular complexity index is 1180. The topological polar surface area (TPSA) is 97.9 Å². The Labute approximate surface area is 204 Å². The minimum atomic E-state index is -4.53. The molecule has 8 nitrogen and oxygen atoms in total. The summed E-state index contributed by atoms with van der Waals surface area (Å²) < 4.78 is 54.4. The number of hydrogen-bond acceptors (Lipinski definition) is 6. The summed E-state index contributed by atoms with van der Waals surface area (Å²) in [6, 6.07) is 8.47. The average molecular weight is 510 g/mol. The number of amides is 1. The molecule has 2 aromatic carbocycles. The zero-order valence-corrected chi connectivity index (χ0v) is 19.7. The van der Waals surface area contributed by atoms with E-state index in [1.165, 1.54) is 26.4 Å². The van der Waals surface area contributed by atoms with Gasteiger partial charge in [-0.25, -0.2) is 4.79 Å². The van der Waals surface area contributed by atoms with Crippen LogP contribution in [0, 0.1) is 0 Å². The van der Waals surface area contributed by atoms with Gasteiger partial charge in [-0.2, -0.15) is 13.2 Å². The molecule has 0 radical (unpaired) electrons. The first-order valence-electron chi connectivity index (χ1n) is 10.2. The predicted octanol–water partition coefficient (Wildman–Crippen LogP) is 3.70. The normalized spacial score (nSPS) is 15.6. The smallest absolute Gasteiger partial charge is 0.416 e. The summed E-state index contributed by atoms with van der Waals surface area (Å²) in [5.41, 5.74) is 0.593. The molecule has 0 aromatic heterocycles. The third kappa shape index (κ3) is 6.21. The molecule has 2 aromatic rings. The Morgan fingerprint density at radius 3 is 2.51 bits per heavy atom. The fourth-order valence-electron chi connectivity index (χ4n) is 3.42. The highest BCUT2D eigenvalue weighted by atomic mass is 32.1. The summed E-state index contributed by atoms with van der Waals surface area (Å²) in [6.07, 6.45) is -4.53. The number of hydrogen-bond donors (Lipinski definition) is 3. The highest BCUT2D eigenvalue weighted by molar-refractivity contribution is 7.80. The zero-order valence-electron chi connectivity index (χ0n) is 18.9. The Kier molecular flexibility index (Phi) is 7.85. The van der Waals surface area contributed by atoms with Crippen LogP contribution in [0.5, 0.6) is 11.5 Å². The number of nitrogens with one attached hydrogen (secondary N) is 3. The lowest BCUT2D eigenvalue weighted by molar-refractivity contribution is -0.138. The van der Waals surface area contributed by atoms with E-state index in [1.807, 2.05) is 0 Å². The van der Waals surface area contributed by atoms with Gasteiger partial charge in [0.1, 0.15) is 0 Å². The van der Waals surface area contributed by atoms with Crippen molar-refractivity contribution in [2.45, 2.75) is 19.1 Å². The average Bonchev–Trinajstić information content (AvgIpc) is 2.81. The molecule has 1 atom stereocenters. The van der Waals surface area contributed by atoms with Crippen molar-refractivity contribution >= 4 is 34.9 Å². The molecule has 3 rings (SSSR count). The van der Waals surface area contributed by atoms with Crippen LogP contribution in [-0.2, 0) is 20.5 Å². The number of methoxy groups -OCH3 is 2. The molecule has 1 aliphatic heterocycles. The van der Waals surface area contributed by atoms with E-state index in [-0.39, 0.29) is 17.2 Å². The molecule has 3 N–H and O–H groups in total. The Hall–Kier alpha value is -3.80. The highest BCUT2D eigenvalue weighted by Crippen LogP contribution is 2.35. The van der Waals surface area contributed by atoms with Crippen molar-refractivity contribution in [3.8, 4) is 11.5 Å². The van der Waals surface area contributed by atoms with E-state index in [2.05, 4.69) is 16.0 Å². The second kappa shape index (κ2) is 10.6. The van der Waals surface area contributed by atoms with E-state index in [1.54, 1.807) is 25.1 Å². The van der Waals surface area contributed by atoms with Crippen LogP contribution in [0.2, 0.25) is 0 Å². The molecular formula is C23H22F3N3O5S. The molecule has 0 fully saturated rings. The molecule has 0 saturated carbocycles. The first-order valence-corrected chi connectivity index (χ1v) is 10.6. The molecule has 0 saturated heterocycles. The Morgan fingerprint density at radius 2 is 1.86 bits per heavy atom. The van der Waals surface area contributed by atoms with Crippen LogP contribution >= 0.6 is 12.2 Å². The monoisotopic (exact) mass is 509 g/mol.